The molecule has 1 heterocycles. The lowest BCUT2D eigenvalue weighted by Gasteiger charge is -2.17. The van der Waals surface area contributed by atoms with E-state index in [2.05, 4.69) is 5.32 Å². The zero-order chi connectivity index (χ0) is 17.3. The molecule has 1 fully saturated rings. The van der Waals surface area contributed by atoms with Gasteiger partial charge in [0.2, 0.25) is 5.91 Å². The van der Waals surface area contributed by atoms with Gasteiger partial charge in [-0.2, -0.15) is 0 Å². The first kappa shape index (κ1) is 17.2. The van der Waals surface area contributed by atoms with Crippen molar-refractivity contribution in [2.45, 2.75) is 12.8 Å². The van der Waals surface area contributed by atoms with Crippen LogP contribution in [0.2, 0.25) is 5.02 Å². The largest absolute Gasteiger partial charge is 0.321 e. The summed E-state index contributed by atoms with van der Waals surface area (Å²) in [7, 11) is 0. The molecule has 7 heteroatoms. The molecule has 0 spiro atoms. The number of hydrogen-bond acceptors (Lipinski definition) is 2. The van der Waals surface area contributed by atoms with Gasteiger partial charge in [-0.1, -0.05) is 11.6 Å². The van der Waals surface area contributed by atoms with Crippen molar-refractivity contribution < 1.29 is 14.0 Å². The topological polar surface area (TPSA) is 49.4 Å². The summed E-state index contributed by atoms with van der Waals surface area (Å²) < 4.78 is 13.7. The van der Waals surface area contributed by atoms with Crippen LogP contribution >= 0.6 is 34.2 Å². The van der Waals surface area contributed by atoms with E-state index in [0.717, 1.165) is 6.42 Å². The fourth-order valence-electron chi connectivity index (χ4n) is 2.56. The Labute approximate surface area is 157 Å². The molecule has 3 rings (SSSR count). The average molecular weight is 459 g/mol. The van der Waals surface area contributed by atoms with Gasteiger partial charge in [0.25, 0.3) is 5.91 Å². The van der Waals surface area contributed by atoms with Gasteiger partial charge in [0.05, 0.1) is 16.3 Å². The van der Waals surface area contributed by atoms with E-state index in [9.17, 15) is 14.0 Å². The molecular formula is C17H13ClFIN2O2. The van der Waals surface area contributed by atoms with Gasteiger partial charge in [-0.25, -0.2) is 4.39 Å². The number of anilines is 2. The van der Waals surface area contributed by atoms with E-state index in [-0.39, 0.29) is 11.8 Å². The first-order valence-corrected chi connectivity index (χ1v) is 8.77. The first-order chi connectivity index (χ1) is 11.5. The number of halogens is 3. The number of amides is 2. The lowest BCUT2D eigenvalue weighted by molar-refractivity contribution is -0.117. The summed E-state index contributed by atoms with van der Waals surface area (Å²) in [6.07, 6.45) is 1.34. The van der Waals surface area contributed by atoms with Crippen molar-refractivity contribution in [3.63, 3.8) is 0 Å². The van der Waals surface area contributed by atoms with Crippen LogP contribution in [0.3, 0.4) is 0 Å². The minimum absolute atomic E-state index is 0.0580. The number of hydrogen-bond donors (Lipinski definition) is 1. The lowest BCUT2D eigenvalue weighted by atomic mass is 10.2. The highest BCUT2D eigenvalue weighted by molar-refractivity contribution is 14.1. The summed E-state index contributed by atoms with van der Waals surface area (Å²) in [6.45, 7) is 0.656. The molecule has 0 aromatic heterocycles. The molecule has 1 N–H and O–H groups in total. The second kappa shape index (κ2) is 7.06. The number of nitrogens with zero attached hydrogens (tertiary/aromatic N) is 1. The summed E-state index contributed by atoms with van der Waals surface area (Å²) >= 11 is 8.06. The maximum atomic E-state index is 13.2. The SMILES string of the molecule is O=C(Nc1cc(N2CCCC2=O)ccc1Cl)c1ccc(F)cc1I. The Morgan fingerprint density at radius 1 is 1.25 bits per heavy atom. The highest BCUT2D eigenvalue weighted by atomic mass is 127. The fraction of sp³-hybridized carbons (Fsp3) is 0.176. The molecule has 2 aromatic rings. The first-order valence-electron chi connectivity index (χ1n) is 7.32. The molecule has 124 valence electrons. The normalized spacial score (nSPS) is 14.1. The third-order valence-corrected chi connectivity index (χ3v) is 4.98. The van der Waals surface area contributed by atoms with Gasteiger partial charge in [-0.3, -0.25) is 9.59 Å². The Morgan fingerprint density at radius 3 is 2.71 bits per heavy atom. The van der Waals surface area contributed by atoms with Gasteiger partial charge in [0.15, 0.2) is 0 Å². The van der Waals surface area contributed by atoms with Crippen molar-refractivity contribution in [1.29, 1.82) is 0 Å². The molecule has 1 aliphatic heterocycles. The van der Waals surface area contributed by atoms with E-state index in [1.807, 2.05) is 22.6 Å². The molecule has 2 aromatic carbocycles. The molecular weight excluding hydrogens is 446 g/mol. The Balaban J connectivity index is 1.86. The van der Waals surface area contributed by atoms with Crippen molar-refractivity contribution in [3.8, 4) is 0 Å². The van der Waals surface area contributed by atoms with Gasteiger partial charge in [-0.15, -0.1) is 0 Å². The highest BCUT2D eigenvalue weighted by Crippen LogP contribution is 2.30. The average Bonchev–Trinajstić information content (AvgIpc) is 2.95. The van der Waals surface area contributed by atoms with E-state index >= 15 is 0 Å². The summed E-state index contributed by atoms with van der Waals surface area (Å²) in [4.78, 5) is 26.0. The number of benzene rings is 2. The molecule has 1 saturated heterocycles. The highest BCUT2D eigenvalue weighted by Gasteiger charge is 2.22. The molecule has 0 bridgehead atoms. The Kier molecular flexibility index (Phi) is 5.05. The predicted octanol–water partition coefficient (Wildman–Crippen LogP) is 4.46. The van der Waals surface area contributed by atoms with Crippen molar-refractivity contribution >= 4 is 57.4 Å². The number of rotatable bonds is 3. The van der Waals surface area contributed by atoms with Crippen molar-refractivity contribution in [2.75, 3.05) is 16.8 Å². The van der Waals surface area contributed by atoms with Crippen molar-refractivity contribution in [2.24, 2.45) is 0 Å². The van der Waals surface area contributed by atoms with Crippen LogP contribution < -0.4 is 10.2 Å². The summed E-state index contributed by atoms with van der Waals surface area (Å²) in [5, 5.41) is 3.10. The van der Waals surface area contributed by atoms with E-state index < -0.39 is 5.82 Å². The quantitative estimate of drug-likeness (QED) is 0.691. The van der Waals surface area contributed by atoms with E-state index in [4.69, 9.17) is 11.6 Å². The summed E-state index contributed by atoms with van der Waals surface area (Å²) in [5.41, 5.74) is 1.47. The molecule has 0 aliphatic carbocycles. The van der Waals surface area contributed by atoms with Crippen LogP contribution in [0.15, 0.2) is 36.4 Å². The van der Waals surface area contributed by atoms with Gasteiger partial charge < -0.3 is 10.2 Å². The van der Waals surface area contributed by atoms with Crippen molar-refractivity contribution in [1.82, 2.24) is 0 Å². The Morgan fingerprint density at radius 2 is 2.04 bits per heavy atom. The minimum Gasteiger partial charge on any atom is -0.321 e. The second-order valence-electron chi connectivity index (χ2n) is 5.39. The molecule has 0 atom stereocenters. The van der Waals surface area contributed by atoms with Gasteiger partial charge in [0, 0.05) is 22.2 Å². The summed E-state index contributed by atoms with van der Waals surface area (Å²) in [6, 6.07) is 9.03. The maximum absolute atomic E-state index is 13.2. The van der Waals surface area contributed by atoms with Crippen LogP contribution in [0.1, 0.15) is 23.2 Å². The number of nitrogens with one attached hydrogen (secondary N) is 1. The molecule has 4 nitrogen and oxygen atoms in total. The summed E-state index contributed by atoms with van der Waals surface area (Å²) in [5.74, 6) is -0.725. The van der Waals surface area contributed by atoms with E-state index in [1.165, 1.54) is 18.2 Å². The van der Waals surface area contributed by atoms with Crippen LogP contribution in [0, 0.1) is 9.39 Å². The van der Waals surface area contributed by atoms with Crippen LogP contribution in [0.5, 0.6) is 0 Å². The maximum Gasteiger partial charge on any atom is 0.256 e. The number of carbonyl (C=O) groups is 2. The third-order valence-electron chi connectivity index (χ3n) is 3.76. The Hall–Kier alpha value is -1.67. The molecule has 2 amide bonds. The van der Waals surface area contributed by atoms with Gasteiger partial charge >= 0.3 is 0 Å². The third kappa shape index (κ3) is 3.54. The van der Waals surface area contributed by atoms with Crippen molar-refractivity contribution in [3.05, 3.63) is 56.4 Å². The monoisotopic (exact) mass is 458 g/mol. The zero-order valence-corrected chi connectivity index (χ0v) is 15.4. The van der Waals surface area contributed by atoms with Crippen LogP contribution in [-0.4, -0.2) is 18.4 Å². The predicted molar refractivity (Wildman–Crippen MR) is 100 cm³/mol. The van der Waals surface area contributed by atoms with Crippen LogP contribution in [0.4, 0.5) is 15.8 Å². The zero-order valence-electron chi connectivity index (χ0n) is 12.5. The molecule has 0 radical (unpaired) electrons. The molecule has 24 heavy (non-hydrogen) atoms. The van der Waals surface area contributed by atoms with Gasteiger partial charge in [-0.05, 0) is 65.4 Å². The number of carbonyl (C=O) groups excluding carboxylic acids is 2. The van der Waals surface area contributed by atoms with E-state index in [1.54, 1.807) is 23.1 Å². The standard InChI is InChI=1S/C17H13ClFIN2O2/c18-13-6-4-11(22-7-1-2-16(22)23)9-15(13)21-17(24)12-5-3-10(19)8-14(12)20/h3-6,8-9H,1-2,7H2,(H,21,24). The second-order valence-corrected chi connectivity index (χ2v) is 6.96. The van der Waals surface area contributed by atoms with Crippen LogP contribution in [0.25, 0.3) is 0 Å². The molecule has 0 saturated carbocycles. The molecule has 0 unspecified atom stereocenters. The minimum atomic E-state index is -0.400. The lowest BCUT2D eigenvalue weighted by Crippen LogP contribution is -2.24. The Bertz CT molecular complexity index is 828. The molecule has 1 aliphatic rings. The van der Waals surface area contributed by atoms with E-state index in [0.29, 0.717) is 38.5 Å². The fourth-order valence-corrected chi connectivity index (χ4v) is 3.45. The smallest absolute Gasteiger partial charge is 0.256 e. The van der Waals surface area contributed by atoms with Crippen LogP contribution in [-0.2, 0) is 4.79 Å². The van der Waals surface area contributed by atoms with Gasteiger partial charge in [0.1, 0.15) is 5.82 Å².